The second kappa shape index (κ2) is 4.57. The summed E-state index contributed by atoms with van der Waals surface area (Å²) < 4.78 is 3.89. The Morgan fingerprint density at radius 2 is 2.21 bits per heavy atom. The van der Waals surface area contributed by atoms with Crippen molar-refractivity contribution in [2.24, 2.45) is 7.05 Å². The highest BCUT2D eigenvalue weighted by Crippen LogP contribution is 2.17. The second-order valence-electron chi connectivity index (χ2n) is 5.00. The molecular weight excluding hydrogens is 240 g/mol. The summed E-state index contributed by atoms with van der Waals surface area (Å²) in [5.74, 6) is 0.138. The van der Waals surface area contributed by atoms with Crippen molar-refractivity contribution in [1.29, 1.82) is 0 Å². The van der Waals surface area contributed by atoms with Gasteiger partial charge in [0, 0.05) is 18.9 Å². The number of hydrogen-bond acceptors (Lipinski definition) is 2. The van der Waals surface area contributed by atoms with E-state index in [1.807, 2.05) is 28.9 Å². The van der Waals surface area contributed by atoms with Gasteiger partial charge in [-0.05, 0) is 24.6 Å². The number of carbonyl (C=O) groups is 1. The van der Waals surface area contributed by atoms with E-state index < -0.39 is 0 Å². The molecule has 1 aliphatic heterocycles. The molecule has 0 unspecified atom stereocenters. The van der Waals surface area contributed by atoms with Gasteiger partial charge in [-0.1, -0.05) is 6.92 Å². The van der Waals surface area contributed by atoms with E-state index in [4.69, 9.17) is 0 Å². The third-order valence-electron chi connectivity index (χ3n) is 3.67. The Morgan fingerprint density at radius 1 is 1.37 bits per heavy atom. The zero-order valence-corrected chi connectivity index (χ0v) is 11.3. The van der Waals surface area contributed by atoms with Crippen molar-refractivity contribution < 1.29 is 4.79 Å². The topological polar surface area (TPSA) is 43.1 Å². The monoisotopic (exact) mass is 258 g/mol. The Balaban J connectivity index is 1.81. The molecule has 100 valence electrons. The third-order valence-corrected chi connectivity index (χ3v) is 3.67. The van der Waals surface area contributed by atoms with E-state index in [2.05, 4.69) is 28.7 Å². The van der Waals surface area contributed by atoms with Crippen LogP contribution in [0.3, 0.4) is 0 Å². The van der Waals surface area contributed by atoms with E-state index in [1.54, 1.807) is 0 Å². The molecule has 2 aromatic rings. The van der Waals surface area contributed by atoms with Gasteiger partial charge in [-0.3, -0.25) is 9.48 Å². The number of rotatable bonds is 3. The van der Waals surface area contributed by atoms with Crippen molar-refractivity contribution in [3.05, 3.63) is 41.5 Å². The fourth-order valence-electron chi connectivity index (χ4n) is 2.46. The highest BCUT2D eigenvalue weighted by atomic mass is 16.2. The summed E-state index contributed by atoms with van der Waals surface area (Å²) in [5.41, 5.74) is 3.34. The first-order chi connectivity index (χ1) is 9.17. The first-order valence-electron chi connectivity index (χ1n) is 6.61. The fraction of sp³-hybridized carbons (Fsp3) is 0.429. The van der Waals surface area contributed by atoms with E-state index in [1.165, 1.54) is 0 Å². The van der Waals surface area contributed by atoms with Gasteiger partial charge in [-0.15, -0.1) is 0 Å². The minimum absolute atomic E-state index is 0.138. The number of hydrogen-bond donors (Lipinski definition) is 0. The summed E-state index contributed by atoms with van der Waals surface area (Å²) in [6.07, 6.45) is 2.91. The van der Waals surface area contributed by atoms with Crippen molar-refractivity contribution in [3.63, 3.8) is 0 Å². The molecular formula is C14H18N4O. The van der Waals surface area contributed by atoms with Crippen LogP contribution in [-0.4, -0.2) is 25.2 Å². The zero-order chi connectivity index (χ0) is 13.4. The zero-order valence-electron chi connectivity index (χ0n) is 11.3. The Bertz CT molecular complexity index is 611. The van der Waals surface area contributed by atoms with Crippen LogP contribution in [-0.2, 0) is 37.9 Å². The number of aryl methyl sites for hydroxylation is 2. The maximum absolute atomic E-state index is 12.1. The van der Waals surface area contributed by atoms with Crippen molar-refractivity contribution in [1.82, 2.24) is 19.2 Å². The van der Waals surface area contributed by atoms with Gasteiger partial charge in [-0.2, -0.15) is 5.10 Å². The molecule has 0 aromatic carbocycles. The molecule has 0 fully saturated rings. The minimum atomic E-state index is 0.138. The van der Waals surface area contributed by atoms with Crippen molar-refractivity contribution in [2.75, 3.05) is 0 Å². The average molecular weight is 258 g/mol. The van der Waals surface area contributed by atoms with Crippen LogP contribution < -0.4 is 0 Å². The van der Waals surface area contributed by atoms with Crippen LogP contribution >= 0.6 is 0 Å². The molecule has 0 saturated carbocycles. The van der Waals surface area contributed by atoms with Crippen molar-refractivity contribution in [2.45, 2.75) is 33.0 Å². The second-order valence-corrected chi connectivity index (χ2v) is 5.00. The summed E-state index contributed by atoms with van der Waals surface area (Å²) in [6.45, 7) is 3.75. The Morgan fingerprint density at radius 3 is 2.89 bits per heavy atom. The normalized spacial score (nSPS) is 14.8. The van der Waals surface area contributed by atoms with Crippen molar-refractivity contribution in [3.8, 4) is 0 Å². The molecule has 3 rings (SSSR count). The van der Waals surface area contributed by atoms with Gasteiger partial charge in [0.1, 0.15) is 6.54 Å². The lowest BCUT2D eigenvalue weighted by Crippen LogP contribution is -2.39. The van der Waals surface area contributed by atoms with Gasteiger partial charge in [0.05, 0.1) is 24.5 Å². The van der Waals surface area contributed by atoms with Crippen LogP contribution in [0.4, 0.5) is 0 Å². The smallest absolute Gasteiger partial charge is 0.245 e. The maximum atomic E-state index is 12.1. The lowest BCUT2D eigenvalue weighted by atomic mass is 10.2. The van der Waals surface area contributed by atoms with Gasteiger partial charge in [0.15, 0.2) is 0 Å². The van der Waals surface area contributed by atoms with Crippen molar-refractivity contribution >= 4 is 5.91 Å². The van der Waals surface area contributed by atoms with Crippen LogP contribution in [0.1, 0.15) is 24.0 Å². The Kier molecular flexibility index (Phi) is 2.89. The van der Waals surface area contributed by atoms with Crippen LogP contribution in [0, 0.1) is 0 Å². The summed E-state index contributed by atoms with van der Waals surface area (Å²) in [5, 5.41) is 4.43. The molecule has 0 atom stereocenters. The molecule has 19 heavy (non-hydrogen) atoms. The van der Waals surface area contributed by atoms with Gasteiger partial charge < -0.3 is 9.47 Å². The van der Waals surface area contributed by atoms with Crippen LogP contribution in [0.15, 0.2) is 24.4 Å². The highest BCUT2D eigenvalue weighted by molar-refractivity contribution is 5.76. The summed E-state index contributed by atoms with van der Waals surface area (Å²) >= 11 is 0. The molecule has 0 radical (unpaired) electrons. The number of amides is 1. The van der Waals surface area contributed by atoms with Gasteiger partial charge in [-0.25, -0.2) is 0 Å². The molecule has 1 aliphatic rings. The van der Waals surface area contributed by atoms with Crippen LogP contribution in [0.5, 0.6) is 0 Å². The third kappa shape index (κ3) is 2.16. The van der Waals surface area contributed by atoms with Gasteiger partial charge in [0.2, 0.25) is 5.91 Å². The van der Waals surface area contributed by atoms with E-state index in [0.717, 1.165) is 23.5 Å². The fourth-order valence-corrected chi connectivity index (χ4v) is 2.46. The standard InChI is InChI=1S/C14H18N4O/c1-3-11-7-13-9-17(14(19)10-18(13)15-11)8-12-5-4-6-16(12)2/h4-7H,3,8-10H2,1-2H3. The molecule has 3 heterocycles. The molecule has 0 aliphatic carbocycles. The molecule has 0 N–H and O–H groups in total. The molecule has 5 heteroatoms. The number of carbonyl (C=O) groups excluding carboxylic acids is 1. The molecule has 5 nitrogen and oxygen atoms in total. The largest absolute Gasteiger partial charge is 0.353 e. The first-order valence-corrected chi connectivity index (χ1v) is 6.61. The molecule has 2 aromatic heterocycles. The quantitative estimate of drug-likeness (QED) is 0.833. The lowest BCUT2D eigenvalue weighted by molar-refractivity contribution is -0.135. The van der Waals surface area contributed by atoms with Crippen LogP contribution in [0.2, 0.25) is 0 Å². The lowest BCUT2D eigenvalue weighted by Gasteiger charge is -2.27. The van der Waals surface area contributed by atoms with E-state index in [9.17, 15) is 4.79 Å². The van der Waals surface area contributed by atoms with E-state index in [-0.39, 0.29) is 5.91 Å². The predicted octanol–water partition coefficient (Wildman–Crippen LogP) is 1.33. The summed E-state index contributed by atoms with van der Waals surface area (Å²) in [4.78, 5) is 14.0. The molecule has 0 spiro atoms. The number of aromatic nitrogens is 3. The SMILES string of the molecule is CCc1cc2n(n1)CC(=O)N(Cc1cccn1C)C2. The first kappa shape index (κ1) is 12.0. The molecule has 1 amide bonds. The number of fused-ring (bicyclic) bond motifs is 1. The Labute approximate surface area is 112 Å². The molecule has 0 saturated heterocycles. The summed E-state index contributed by atoms with van der Waals surface area (Å²) in [7, 11) is 2.00. The average Bonchev–Trinajstić information content (AvgIpc) is 2.96. The summed E-state index contributed by atoms with van der Waals surface area (Å²) in [6, 6.07) is 6.16. The molecule has 0 bridgehead atoms. The number of nitrogens with zero attached hydrogens (tertiary/aromatic N) is 4. The predicted molar refractivity (Wildman–Crippen MR) is 71.3 cm³/mol. The van der Waals surface area contributed by atoms with E-state index >= 15 is 0 Å². The van der Waals surface area contributed by atoms with Gasteiger partial charge in [0.25, 0.3) is 0 Å². The van der Waals surface area contributed by atoms with E-state index in [0.29, 0.717) is 19.6 Å². The maximum Gasteiger partial charge on any atom is 0.245 e. The van der Waals surface area contributed by atoms with Crippen LogP contribution in [0.25, 0.3) is 0 Å². The minimum Gasteiger partial charge on any atom is -0.353 e. The Hall–Kier alpha value is -2.04. The highest BCUT2D eigenvalue weighted by Gasteiger charge is 2.24. The van der Waals surface area contributed by atoms with Gasteiger partial charge >= 0.3 is 0 Å².